The van der Waals surface area contributed by atoms with E-state index in [0.29, 0.717) is 73.2 Å². The quantitative estimate of drug-likeness (QED) is 0.0336. The van der Waals surface area contributed by atoms with E-state index in [1.54, 1.807) is 14.2 Å². The topological polar surface area (TPSA) is 303 Å². The Morgan fingerprint density at radius 2 is 1.30 bits per heavy atom. The van der Waals surface area contributed by atoms with E-state index in [-0.39, 0.29) is 54.3 Å². The van der Waals surface area contributed by atoms with Gasteiger partial charge in [-0.05, 0) is 49.9 Å². The van der Waals surface area contributed by atoms with E-state index in [1.165, 1.54) is 46.3 Å². The summed E-state index contributed by atoms with van der Waals surface area (Å²) in [4.78, 5) is 95.9. The number of rotatable bonds is 17. The van der Waals surface area contributed by atoms with Crippen LogP contribution in [0.25, 0.3) is 20.4 Å². The molecule has 4 heterocycles. The molecule has 2 aromatic carbocycles. The van der Waals surface area contributed by atoms with E-state index in [1.807, 2.05) is 48.5 Å². The Balaban J connectivity index is 0.000000241. The zero-order valence-electron chi connectivity index (χ0n) is 36.2. The van der Waals surface area contributed by atoms with Crippen molar-refractivity contribution in [2.24, 2.45) is 27.2 Å². The van der Waals surface area contributed by atoms with Crippen molar-refractivity contribution in [2.45, 2.75) is 88.7 Å². The Morgan fingerprint density at radius 3 is 1.78 bits per heavy atom. The zero-order valence-corrected chi connectivity index (χ0v) is 37.8. The number of Topliss-reactive ketones (excluding diaryl/α,β-unsaturated/α-hetero) is 2. The molecule has 2 fully saturated rings. The number of benzene rings is 2. The molecule has 0 aliphatic carbocycles. The maximum Gasteiger partial charge on any atom is 0.243 e. The van der Waals surface area contributed by atoms with Gasteiger partial charge in [0.1, 0.15) is 12.1 Å². The van der Waals surface area contributed by atoms with Crippen molar-refractivity contribution in [3.8, 4) is 0 Å². The molecule has 344 valence electrons. The molecule has 2 aromatic heterocycles. The van der Waals surface area contributed by atoms with Crippen LogP contribution >= 0.6 is 22.7 Å². The van der Waals surface area contributed by atoms with Crippen molar-refractivity contribution in [1.29, 1.82) is 0 Å². The highest BCUT2D eigenvalue weighted by atomic mass is 32.1. The average Bonchev–Trinajstić information content (AvgIpc) is 4.09. The minimum Gasteiger partial charge on any atom is -0.391 e. The standard InChI is InChI=1S/C22H30N6O4S.C20H26N6O4S/c1-13(29)28-12-14(32-3)11-17(28)20(31)26-16(8-6-10-25-22(23)24-2)19(30)21-27-15-7-4-5-9-18(15)33-21;1-11(27)26-10-12(28)9-15(26)18(30)24-14(6-4-8-23-20(21)22)17(29)19-25-13-5-2-3-7-16(13)31-19/h4-5,7,9,14,16-17H,6,8,10-12H2,1-3H3,(H,26,31)(H3,23,24,25);2-3,5,7,12,14-15,28H,4,6,8-10H2,1H3,(H,24,30)(H4,21,22,23)/t14-,16+,17+;12-,14+,15+/m11/s1. The summed E-state index contributed by atoms with van der Waals surface area (Å²) < 4.78 is 7.14. The number of hydrogen-bond acceptors (Lipinski definition) is 14. The number of nitrogens with zero attached hydrogens (tertiary/aromatic N) is 6. The van der Waals surface area contributed by atoms with Crippen LogP contribution in [0.15, 0.2) is 58.5 Å². The fourth-order valence-electron chi connectivity index (χ4n) is 7.41. The lowest BCUT2D eigenvalue weighted by Crippen LogP contribution is -2.50. The van der Waals surface area contributed by atoms with Crippen LogP contribution < -0.4 is 33.2 Å². The SMILES string of the molecule is CC(=O)N1C[C@H](O)C[C@H]1C(=O)N[C@@H](CCCN=C(N)N)C(=O)c1nc2ccccc2s1.CN=C(N)NCCC[C@H](NC(=O)[C@@H]1C[C@@H](OC)CN1C(C)=O)C(=O)c1nc2ccccc2s1. The molecule has 22 heteroatoms. The predicted molar refractivity (Wildman–Crippen MR) is 245 cm³/mol. The van der Waals surface area contributed by atoms with Gasteiger partial charge in [0.2, 0.25) is 35.2 Å². The highest BCUT2D eigenvalue weighted by Gasteiger charge is 2.41. The van der Waals surface area contributed by atoms with Crippen LogP contribution in [0.5, 0.6) is 0 Å². The number of methoxy groups -OCH3 is 1. The molecule has 6 atom stereocenters. The van der Waals surface area contributed by atoms with Crippen molar-refractivity contribution in [2.75, 3.05) is 40.3 Å². The van der Waals surface area contributed by atoms with Gasteiger partial charge in [-0.15, -0.1) is 22.7 Å². The molecule has 6 rings (SSSR count). The molecule has 0 radical (unpaired) electrons. The molecule has 2 saturated heterocycles. The van der Waals surface area contributed by atoms with Gasteiger partial charge < -0.3 is 52.8 Å². The van der Waals surface area contributed by atoms with Crippen molar-refractivity contribution in [3.05, 3.63) is 58.5 Å². The minimum absolute atomic E-state index is 0.0462. The monoisotopic (exact) mass is 920 g/mol. The largest absolute Gasteiger partial charge is 0.391 e. The normalized spacial score (nSPS) is 19.4. The van der Waals surface area contributed by atoms with E-state index in [2.05, 4.69) is 35.9 Å². The number of aliphatic hydroxyl groups excluding tert-OH is 1. The number of thiazole rings is 2. The smallest absolute Gasteiger partial charge is 0.243 e. The summed E-state index contributed by atoms with van der Waals surface area (Å²) in [5.74, 6) is -1.66. The van der Waals surface area contributed by atoms with Crippen molar-refractivity contribution in [3.63, 3.8) is 0 Å². The number of β-amino-alcohol motifs (C(OH)–C–C–N with tert-alkyl or cyclic N) is 1. The second kappa shape index (κ2) is 23.0. The molecule has 20 nitrogen and oxygen atoms in total. The van der Waals surface area contributed by atoms with Gasteiger partial charge in [-0.2, -0.15) is 0 Å². The number of likely N-dealkylation sites (tertiary alicyclic amines) is 2. The van der Waals surface area contributed by atoms with Crippen LogP contribution in [0, 0.1) is 0 Å². The third-order valence-electron chi connectivity index (χ3n) is 10.7. The summed E-state index contributed by atoms with van der Waals surface area (Å²) >= 11 is 2.56. The molecule has 4 amide bonds. The summed E-state index contributed by atoms with van der Waals surface area (Å²) in [5.41, 5.74) is 17.8. The summed E-state index contributed by atoms with van der Waals surface area (Å²) in [6.45, 7) is 4.01. The lowest BCUT2D eigenvalue weighted by molar-refractivity contribution is -0.137. The molecule has 4 aromatic rings. The zero-order chi connectivity index (χ0) is 46.5. The van der Waals surface area contributed by atoms with E-state index in [9.17, 15) is 33.9 Å². The average molecular weight is 921 g/mol. The van der Waals surface area contributed by atoms with Gasteiger partial charge >= 0.3 is 0 Å². The number of carbonyl (C=O) groups is 6. The van der Waals surface area contributed by atoms with Crippen molar-refractivity contribution < 1.29 is 38.6 Å². The number of para-hydroxylation sites is 2. The van der Waals surface area contributed by atoms with Crippen LogP contribution in [-0.4, -0.2) is 149 Å². The molecule has 2 aliphatic rings. The second-order valence-corrected chi connectivity index (χ2v) is 17.4. The van der Waals surface area contributed by atoms with Gasteiger partial charge in [0.05, 0.1) is 44.7 Å². The van der Waals surface area contributed by atoms with Gasteiger partial charge in [-0.1, -0.05) is 24.3 Å². The number of nitrogens with two attached hydrogens (primary N) is 3. The van der Waals surface area contributed by atoms with Crippen LogP contribution in [0.2, 0.25) is 0 Å². The third kappa shape index (κ3) is 13.0. The Kier molecular flexibility index (Phi) is 17.6. The maximum absolute atomic E-state index is 13.3. The molecule has 0 unspecified atom stereocenters. The lowest BCUT2D eigenvalue weighted by atomic mass is 10.1. The summed E-state index contributed by atoms with van der Waals surface area (Å²) in [6.07, 6.45) is 1.22. The minimum atomic E-state index is -0.853. The molecule has 0 bridgehead atoms. The summed E-state index contributed by atoms with van der Waals surface area (Å²) in [6, 6.07) is 11.8. The number of carbonyl (C=O) groups excluding carboxylic acids is 6. The fraction of sp³-hybridized carbons (Fsp3) is 0.476. The number of ether oxygens (including phenoxy) is 1. The summed E-state index contributed by atoms with van der Waals surface area (Å²) in [5, 5.41) is 19.1. The number of hydrogen-bond donors (Lipinski definition) is 7. The Labute approximate surface area is 378 Å². The van der Waals surface area contributed by atoms with Gasteiger partial charge in [0.15, 0.2) is 21.9 Å². The summed E-state index contributed by atoms with van der Waals surface area (Å²) in [7, 11) is 3.14. The Morgan fingerprint density at radius 1 is 0.797 bits per heavy atom. The number of guanidine groups is 2. The van der Waals surface area contributed by atoms with Crippen LogP contribution in [0.1, 0.15) is 72.0 Å². The molecule has 10 N–H and O–H groups in total. The van der Waals surface area contributed by atoms with E-state index in [0.717, 1.165) is 14.9 Å². The van der Waals surface area contributed by atoms with Crippen LogP contribution in [0.4, 0.5) is 0 Å². The van der Waals surface area contributed by atoms with Crippen molar-refractivity contribution >= 4 is 90.2 Å². The fourth-order valence-corrected chi connectivity index (χ4v) is 9.33. The molecule has 0 saturated carbocycles. The Bertz CT molecular complexity index is 2300. The third-order valence-corrected chi connectivity index (χ3v) is 12.8. The number of aliphatic imine (C=N–C) groups is 2. The molecule has 0 spiro atoms. The number of amides is 4. The molecular formula is C42H56N12O8S2. The lowest BCUT2D eigenvalue weighted by Gasteiger charge is -2.25. The molecule has 64 heavy (non-hydrogen) atoms. The van der Waals surface area contributed by atoms with Crippen LogP contribution in [0.3, 0.4) is 0 Å². The van der Waals surface area contributed by atoms with Gasteiger partial charge in [-0.3, -0.25) is 38.8 Å². The van der Waals surface area contributed by atoms with Gasteiger partial charge in [0.25, 0.3) is 0 Å². The first-order valence-corrected chi connectivity index (χ1v) is 22.4. The number of fused-ring (bicyclic) bond motifs is 2. The highest BCUT2D eigenvalue weighted by molar-refractivity contribution is 7.20. The number of ketones is 2. The molecular weight excluding hydrogens is 865 g/mol. The predicted octanol–water partition coefficient (Wildman–Crippen LogP) is 0.913. The Hall–Kier alpha value is -6.10. The first-order chi connectivity index (χ1) is 30.6. The van der Waals surface area contributed by atoms with E-state index >= 15 is 0 Å². The van der Waals surface area contributed by atoms with Gasteiger partial charge in [-0.25, -0.2) is 9.97 Å². The van der Waals surface area contributed by atoms with E-state index in [4.69, 9.17) is 21.9 Å². The maximum atomic E-state index is 13.3. The van der Waals surface area contributed by atoms with Crippen molar-refractivity contribution in [1.82, 2.24) is 35.7 Å². The number of aromatic nitrogens is 2. The van der Waals surface area contributed by atoms with Crippen LogP contribution in [-0.2, 0) is 23.9 Å². The second-order valence-electron chi connectivity index (χ2n) is 15.3. The number of aliphatic hydroxyl groups is 1. The van der Waals surface area contributed by atoms with E-state index < -0.39 is 36.2 Å². The number of nitrogens with one attached hydrogen (secondary N) is 3. The van der Waals surface area contributed by atoms with Gasteiger partial charge in [0, 0.05) is 67.0 Å². The molecule has 2 aliphatic heterocycles. The highest BCUT2D eigenvalue weighted by Crippen LogP contribution is 2.26. The first-order valence-electron chi connectivity index (χ1n) is 20.8. The first kappa shape index (κ1) is 48.9.